The first-order chi connectivity index (χ1) is 11.5. The zero-order chi connectivity index (χ0) is 17.3. The number of allylic oxidation sites excluding steroid dienone is 1. The molecule has 1 unspecified atom stereocenters. The summed E-state index contributed by atoms with van der Waals surface area (Å²) in [4.78, 5) is 9.55. The number of anilines is 1. The van der Waals surface area contributed by atoms with E-state index in [2.05, 4.69) is 11.0 Å². The Hall–Kier alpha value is -3.37. The van der Waals surface area contributed by atoms with Gasteiger partial charge in [-0.1, -0.05) is 12.1 Å². The van der Waals surface area contributed by atoms with Crippen molar-refractivity contribution < 1.29 is 19.6 Å². The first-order valence-electron chi connectivity index (χ1n) is 7.05. The van der Waals surface area contributed by atoms with Gasteiger partial charge in [-0.05, 0) is 23.8 Å². The van der Waals surface area contributed by atoms with Crippen molar-refractivity contribution >= 4 is 5.69 Å². The number of phenolic OH excluding ortho intramolecular Hbond substituents is 1. The van der Waals surface area contributed by atoms with Crippen LogP contribution in [0.25, 0.3) is 0 Å². The molecule has 2 aromatic rings. The number of aromatic hydroxyl groups is 1. The maximum absolute atomic E-state index is 9.82. The standard InChI is InChI=1S/C17H15N3O4/c1-22-24-15-6-9(2-5-13(15)21)16-11-4-3-10(19)7-14(11)23-17(20)12(16)8-18/h2-7,16,21H,19-20H2,1H3. The van der Waals surface area contributed by atoms with Gasteiger partial charge in [-0.15, -0.1) is 0 Å². The Labute approximate surface area is 138 Å². The molecule has 122 valence electrons. The van der Waals surface area contributed by atoms with E-state index in [4.69, 9.17) is 21.1 Å². The molecule has 1 aliphatic rings. The fourth-order valence-corrected chi connectivity index (χ4v) is 2.68. The average molecular weight is 325 g/mol. The fraction of sp³-hybridized carbons (Fsp3) is 0.118. The summed E-state index contributed by atoms with van der Waals surface area (Å²) in [6.07, 6.45) is 0. The van der Waals surface area contributed by atoms with E-state index in [0.29, 0.717) is 17.0 Å². The number of nitrogens with zero attached hydrogens (tertiary/aromatic N) is 1. The van der Waals surface area contributed by atoms with Crippen molar-refractivity contribution in [2.75, 3.05) is 12.8 Å². The van der Waals surface area contributed by atoms with Gasteiger partial charge in [0.1, 0.15) is 17.4 Å². The molecule has 2 aromatic carbocycles. The third kappa shape index (κ3) is 2.55. The smallest absolute Gasteiger partial charge is 0.207 e. The summed E-state index contributed by atoms with van der Waals surface area (Å²) in [5.41, 5.74) is 13.9. The Morgan fingerprint density at radius 1 is 1.21 bits per heavy atom. The Kier molecular flexibility index (Phi) is 3.90. The summed E-state index contributed by atoms with van der Waals surface area (Å²) in [6.45, 7) is 0. The number of benzene rings is 2. The highest BCUT2D eigenvalue weighted by molar-refractivity contribution is 5.60. The number of nitrogen functional groups attached to an aromatic ring is 1. The van der Waals surface area contributed by atoms with Crippen LogP contribution in [0.4, 0.5) is 5.69 Å². The van der Waals surface area contributed by atoms with Gasteiger partial charge in [-0.3, -0.25) is 0 Å². The number of ether oxygens (including phenoxy) is 1. The monoisotopic (exact) mass is 325 g/mol. The van der Waals surface area contributed by atoms with Crippen molar-refractivity contribution in [3.8, 4) is 23.3 Å². The molecule has 1 atom stereocenters. The van der Waals surface area contributed by atoms with Crippen LogP contribution in [0.3, 0.4) is 0 Å². The van der Waals surface area contributed by atoms with E-state index in [-0.39, 0.29) is 23.0 Å². The van der Waals surface area contributed by atoms with E-state index in [1.807, 2.05) is 0 Å². The fourth-order valence-electron chi connectivity index (χ4n) is 2.68. The van der Waals surface area contributed by atoms with Crippen LogP contribution in [0.15, 0.2) is 47.9 Å². The lowest BCUT2D eigenvalue weighted by Crippen LogP contribution is -2.21. The molecule has 0 saturated carbocycles. The third-order valence-electron chi connectivity index (χ3n) is 3.73. The number of nitrogens with two attached hydrogens (primary N) is 2. The molecule has 24 heavy (non-hydrogen) atoms. The predicted octanol–water partition coefficient (Wildman–Crippen LogP) is 2.13. The van der Waals surface area contributed by atoms with Gasteiger partial charge in [0.25, 0.3) is 0 Å². The Morgan fingerprint density at radius 3 is 2.71 bits per heavy atom. The zero-order valence-corrected chi connectivity index (χ0v) is 12.8. The second-order valence-electron chi connectivity index (χ2n) is 5.20. The minimum absolute atomic E-state index is 0.0166. The van der Waals surface area contributed by atoms with Gasteiger partial charge >= 0.3 is 0 Å². The molecule has 1 heterocycles. The lowest BCUT2D eigenvalue weighted by molar-refractivity contribution is -0.179. The van der Waals surface area contributed by atoms with Crippen LogP contribution >= 0.6 is 0 Å². The van der Waals surface area contributed by atoms with E-state index in [1.54, 1.807) is 30.3 Å². The molecule has 7 nitrogen and oxygen atoms in total. The first kappa shape index (κ1) is 15.5. The molecule has 0 bridgehead atoms. The summed E-state index contributed by atoms with van der Waals surface area (Å²) >= 11 is 0. The van der Waals surface area contributed by atoms with E-state index in [0.717, 1.165) is 5.56 Å². The minimum Gasteiger partial charge on any atom is -0.504 e. The largest absolute Gasteiger partial charge is 0.504 e. The van der Waals surface area contributed by atoms with E-state index in [9.17, 15) is 10.4 Å². The van der Waals surface area contributed by atoms with Crippen molar-refractivity contribution in [1.82, 2.24) is 0 Å². The number of fused-ring (bicyclic) bond motifs is 1. The van der Waals surface area contributed by atoms with Gasteiger partial charge in [0.05, 0.1) is 13.0 Å². The van der Waals surface area contributed by atoms with Gasteiger partial charge in [-0.25, -0.2) is 0 Å². The molecule has 0 radical (unpaired) electrons. The molecule has 1 aliphatic heterocycles. The molecule has 5 N–H and O–H groups in total. The van der Waals surface area contributed by atoms with Crippen LogP contribution in [0, 0.1) is 11.3 Å². The third-order valence-corrected chi connectivity index (χ3v) is 3.73. The van der Waals surface area contributed by atoms with Crippen molar-refractivity contribution in [1.29, 1.82) is 5.26 Å². The molecule has 0 amide bonds. The lowest BCUT2D eigenvalue weighted by atomic mass is 9.83. The molecule has 0 spiro atoms. The van der Waals surface area contributed by atoms with Crippen LogP contribution in [-0.2, 0) is 4.89 Å². The van der Waals surface area contributed by atoms with Crippen molar-refractivity contribution in [2.45, 2.75) is 5.92 Å². The second kappa shape index (κ2) is 6.02. The maximum Gasteiger partial charge on any atom is 0.207 e. The molecule has 0 aliphatic carbocycles. The van der Waals surface area contributed by atoms with Crippen molar-refractivity contribution in [3.05, 3.63) is 59.0 Å². The highest BCUT2D eigenvalue weighted by atomic mass is 17.2. The van der Waals surface area contributed by atoms with Crippen LogP contribution in [0.5, 0.6) is 17.2 Å². The summed E-state index contributed by atoms with van der Waals surface area (Å²) in [5.74, 6) is 0.0795. The Morgan fingerprint density at radius 2 is 2.00 bits per heavy atom. The number of nitriles is 1. The summed E-state index contributed by atoms with van der Waals surface area (Å²) < 4.78 is 5.52. The van der Waals surface area contributed by atoms with Gasteiger partial charge in [0, 0.05) is 17.3 Å². The maximum atomic E-state index is 9.82. The van der Waals surface area contributed by atoms with E-state index >= 15 is 0 Å². The highest BCUT2D eigenvalue weighted by Gasteiger charge is 2.31. The predicted molar refractivity (Wildman–Crippen MR) is 85.9 cm³/mol. The summed E-state index contributed by atoms with van der Waals surface area (Å²) in [7, 11) is 1.33. The first-order valence-corrected chi connectivity index (χ1v) is 7.05. The van der Waals surface area contributed by atoms with Crippen LogP contribution in [0.1, 0.15) is 17.0 Å². The molecular weight excluding hydrogens is 310 g/mol. The topological polar surface area (TPSA) is 124 Å². The van der Waals surface area contributed by atoms with Gasteiger partial charge < -0.3 is 26.2 Å². The quantitative estimate of drug-likeness (QED) is 0.448. The number of phenols is 1. The number of hydrogen-bond donors (Lipinski definition) is 3. The second-order valence-corrected chi connectivity index (χ2v) is 5.20. The lowest BCUT2D eigenvalue weighted by Gasteiger charge is -2.26. The average Bonchev–Trinajstić information content (AvgIpc) is 2.55. The minimum atomic E-state index is -0.473. The summed E-state index contributed by atoms with van der Waals surface area (Å²) in [5, 5.41) is 19.3. The Balaban J connectivity index is 2.18. The van der Waals surface area contributed by atoms with Crippen molar-refractivity contribution in [2.24, 2.45) is 5.73 Å². The van der Waals surface area contributed by atoms with Gasteiger partial charge in [-0.2, -0.15) is 10.1 Å². The van der Waals surface area contributed by atoms with E-state index < -0.39 is 5.92 Å². The normalized spacial score (nSPS) is 16.1. The number of rotatable bonds is 3. The number of hydrogen-bond acceptors (Lipinski definition) is 7. The molecule has 0 saturated heterocycles. The van der Waals surface area contributed by atoms with Crippen molar-refractivity contribution in [3.63, 3.8) is 0 Å². The summed E-state index contributed by atoms with van der Waals surface area (Å²) in [6, 6.07) is 12.0. The van der Waals surface area contributed by atoms with Crippen LogP contribution in [0.2, 0.25) is 0 Å². The molecule has 7 heteroatoms. The van der Waals surface area contributed by atoms with Crippen LogP contribution in [-0.4, -0.2) is 12.2 Å². The molecule has 0 aromatic heterocycles. The Bertz CT molecular complexity index is 871. The van der Waals surface area contributed by atoms with Gasteiger partial charge in [0.2, 0.25) is 11.6 Å². The molecule has 0 fully saturated rings. The SMILES string of the molecule is COOc1cc(C2C(C#N)=C(N)Oc3cc(N)ccc32)ccc1O. The van der Waals surface area contributed by atoms with Crippen LogP contribution < -0.4 is 21.1 Å². The molecule has 3 rings (SSSR count). The molecular formula is C17H15N3O4. The van der Waals surface area contributed by atoms with E-state index in [1.165, 1.54) is 13.2 Å². The van der Waals surface area contributed by atoms with Gasteiger partial charge in [0.15, 0.2) is 5.75 Å². The zero-order valence-electron chi connectivity index (χ0n) is 12.8. The highest BCUT2D eigenvalue weighted by Crippen LogP contribution is 2.44.